The molecule has 0 spiro atoms. The van der Waals surface area contributed by atoms with Crippen molar-refractivity contribution in [1.29, 1.82) is 31.6 Å². The number of nitriles is 6. The van der Waals surface area contributed by atoms with Crippen LogP contribution in [0.4, 0.5) is 0 Å². The first kappa shape index (κ1) is 47.5. The van der Waals surface area contributed by atoms with E-state index in [1.54, 1.807) is 0 Å². The molecule has 0 N–H and O–H groups in total. The molecule has 0 radical (unpaired) electrons. The summed E-state index contributed by atoms with van der Waals surface area (Å²) in [5, 5.41) is 65.6. The van der Waals surface area contributed by atoms with Crippen molar-refractivity contribution in [2.75, 3.05) is 0 Å². The topological polar surface area (TPSA) is 178 Å². The average molecular weight is 1020 g/mol. The molecule has 0 unspecified atom stereocenters. The zero-order valence-electron chi connectivity index (χ0n) is 42.3. The lowest BCUT2D eigenvalue weighted by Gasteiger charge is -2.20. The predicted molar refractivity (Wildman–Crippen MR) is 312 cm³/mol. The Morgan fingerprint density at radius 1 is 0.287 bits per heavy atom. The van der Waals surface area contributed by atoms with Crippen LogP contribution in [-0.4, -0.2) is 19.1 Å². The van der Waals surface area contributed by atoms with Crippen LogP contribution >= 0.6 is 0 Å². The SMILES string of the molecule is N#Cc1cc(C#N)c(-c2ccc3c(c2)c2cc(-c4c(C#N)cc(C#N)cc4C#N)ccc2n3-c2cc(-c3nc(-c4ccccc4)cc(-c4ccccc4)n3)ccc2-c2ccccc2-n2c3ccccc3c3ccccc32)c(C#N)c1. The van der Waals surface area contributed by atoms with Gasteiger partial charge < -0.3 is 9.13 Å². The van der Waals surface area contributed by atoms with Crippen molar-refractivity contribution < 1.29 is 0 Å². The third-order valence-corrected chi connectivity index (χ3v) is 14.7. The minimum absolute atomic E-state index is 0.170. The van der Waals surface area contributed by atoms with E-state index in [4.69, 9.17) is 9.97 Å². The molecule has 0 saturated carbocycles. The van der Waals surface area contributed by atoms with Crippen LogP contribution in [0.5, 0.6) is 0 Å². The number of aromatic nitrogens is 4. The fraction of sp³-hybridized carbons (Fsp3) is 0. The first-order valence-electron chi connectivity index (χ1n) is 25.5. The lowest BCUT2D eigenvalue weighted by molar-refractivity contribution is 1.15. The zero-order valence-corrected chi connectivity index (χ0v) is 42.3. The Bertz CT molecular complexity index is 4690. The van der Waals surface area contributed by atoms with E-state index in [2.05, 4.69) is 130 Å². The maximum atomic E-state index is 10.5. The number of nitrogens with zero attached hydrogens (tertiary/aromatic N) is 10. The molecule has 10 heteroatoms. The van der Waals surface area contributed by atoms with Gasteiger partial charge in [0.05, 0.1) is 115 Å². The summed E-state index contributed by atoms with van der Waals surface area (Å²) in [4.78, 5) is 10.6. The minimum atomic E-state index is 0.170. The Balaban J connectivity index is 1.15. The molecule has 0 saturated heterocycles. The van der Waals surface area contributed by atoms with E-state index in [1.807, 2.05) is 109 Å². The van der Waals surface area contributed by atoms with E-state index < -0.39 is 0 Å². The van der Waals surface area contributed by atoms with E-state index >= 15 is 0 Å². The summed E-state index contributed by atoms with van der Waals surface area (Å²) in [7, 11) is 0. The van der Waals surface area contributed by atoms with Crippen molar-refractivity contribution in [1.82, 2.24) is 19.1 Å². The van der Waals surface area contributed by atoms with Crippen molar-refractivity contribution in [3.8, 4) is 115 Å². The highest BCUT2D eigenvalue weighted by Crippen LogP contribution is 2.45. The van der Waals surface area contributed by atoms with Gasteiger partial charge in [0.2, 0.25) is 0 Å². The molecular weight excluding hydrogens is 981 g/mol. The van der Waals surface area contributed by atoms with E-state index in [-0.39, 0.29) is 33.4 Å². The molecule has 13 aromatic rings. The molecule has 0 fully saturated rings. The van der Waals surface area contributed by atoms with Gasteiger partial charge in [-0.1, -0.05) is 140 Å². The van der Waals surface area contributed by atoms with Gasteiger partial charge in [0.1, 0.15) is 0 Å². The van der Waals surface area contributed by atoms with Crippen LogP contribution in [0.3, 0.4) is 0 Å². The third-order valence-electron chi connectivity index (χ3n) is 14.7. The van der Waals surface area contributed by atoms with Gasteiger partial charge >= 0.3 is 0 Å². The monoisotopic (exact) mass is 1020 g/mol. The highest BCUT2D eigenvalue weighted by Gasteiger charge is 2.25. The van der Waals surface area contributed by atoms with Gasteiger partial charge in [-0.25, -0.2) is 9.97 Å². The highest BCUT2D eigenvalue weighted by atomic mass is 15.0. The molecular formula is C70H36N10. The van der Waals surface area contributed by atoms with Gasteiger partial charge in [0, 0.05) is 60.5 Å². The van der Waals surface area contributed by atoms with Gasteiger partial charge in [-0.2, -0.15) is 31.6 Å². The number of para-hydroxylation sites is 3. The summed E-state index contributed by atoms with van der Waals surface area (Å²) in [5.41, 5.74) is 14.2. The second-order valence-electron chi connectivity index (χ2n) is 19.2. The quantitative estimate of drug-likeness (QED) is 0.144. The van der Waals surface area contributed by atoms with E-state index in [9.17, 15) is 31.6 Å². The number of fused-ring (bicyclic) bond motifs is 6. The summed E-state index contributed by atoms with van der Waals surface area (Å²) < 4.78 is 4.51. The van der Waals surface area contributed by atoms with Gasteiger partial charge in [0.25, 0.3) is 0 Å². The van der Waals surface area contributed by atoms with E-state index in [0.717, 1.165) is 94.2 Å². The van der Waals surface area contributed by atoms with Crippen LogP contribution in [0.2, 0.25) is 0 Å². The van der Waals surface area contributed by atoms with Gasteiger partial charge in [-0.15, -0.1) is 0 Å². The first-order chi connectivity index (χ1) is 39.4. The smallest absolute Gasteiger partial charge is 0.160 e. The molecule has 0 atom stereocenters. The summed E-state index contributed by atoms with van der Waals surface area (Å²) in [5.74, 6) is 0.502. The first-order valence-corrected chi connectivity index (χ1v) is 25.5. The molecule has 0 bridgehead atoms. The van der Waals surface area contributed by atoms with Crippen LogP contribution in [0, 0.1) is 68.0 Å². The molecule has 80 heavy (non-hydrogen) atoms. The maximum absolute atomic E-state index is 10.5. The minimum Gasteiger partial charge on any atom is -0.309 e. The molecule has 10 nitrogen and oxygen atoms in total. The third kappa shape index (κ3) is 7.84. The van der Waals surface area contributed by atoms with Crippen LogP contribution < -0.4 is 0 Å². The Labute approximate surface area is 458 Å². The van der Waals surface area contributed by atoms with Crippen molar-refractivity contribution in [3.63, 3.8) is 0 Å². The van der Waals surface area contributed by atoms with Crippen LogP contribution in [0.15, 0.2) is 218 Å². The zero-order chi connectivity index (χ0) is 54.4. The highest BCUT2D eigenvalue weighted by molar-refractivity contribution is 6.13. The van der Waals surface area contributed by atoms with Crippen LogP contribution in [0.25, 0.3) is 122 Å². The Hall–Kier alpha value is -12.2. The lowest BCUT2D eigenvalue weighted by atomic mass is 9.91. The number of hydrogen-bond donors (Lipinski definition) is 0. The number of rotatable bonds is 8. The molecule has 0 aliphatic rings. The molecule has 3 heterocycles. The Morgan fingerprint density at radius 3 is 1.16 bits per heavy atom. The van der Waals surface area contributed by atoms with Gasteiger partial charge in [0.15, 0.2) is 5.82 Å². The molecule has 0 aliphatic carbocycles. The van der Waals surface area contributed by atoms with Crippen molar-refractivity contribution in [2.45, 2.75) is 0 Å². The summed E-state index contributed by atoms with van der Waals surface area (Å²) >= 11 is 0. The van der Waals surface area contributed by atoms with E-state index in [1.165, 1.54) is 24.3 Å². The van der Waals surface area contributed by atoms with Crippen molar-refractivity contribution in [2.24, 2.45) is 0 Å². The summed E-state index contributed by atoms with van der Waals surface area (Å²) in [6.45, 7) is 0. The largest absolute Gasteiger partial charge is 0.309 e. The second-order valence-corrected chi connectivity index (χ2v) is 19.2. The number of benzene rings is 10. The number of hydrogen-bond acceptors (Lipinski definition) is 8. The maximum Gasteiger partial charge on any atom is 0.160 e. The second kappa shape index (κ2) is 19.5. The molecule has 3 aromatic heterocycles. The average Bonchev–Trinajstić information content (AvgIpc) is 4.10. The lowest BCUT2D eigenvalue weighted by Crippen LogP contribution is -2.03. The molecule has 0 aliphatic heterocycles. The van der Waals surface area contributed by atoms with Gasteiger partial charge in [-0.05, 0) is 90.0 Å². The van der Waals surface area contributed by atoms with E-state index in [0.29, 0.717) is 28.1 Å². The van der Waals surface area contributed by atoms with Crippen molar-refractivity contribution in [3.05, 3.63) is 252 Å². The van der Waals surface area contributed by atoms with Gasteiger partial charge in [-0.3, -0.25) is 0 Å². The Morgan fingerprint density at radius 2 is 0.688 bits per heavy atom. The summed E-state index contributed by atoms with van der Waals surface area (Å²) in [6, 6.07) is 84.3. The molecule has 0 amide bonds. The summed E-state index contributed by atoms with van der Waals surface area (Å²) in [6.07, 6.45) is 0. The standard InChI is InChI=1S/C70H36N10/c71-37-43-29-50(39-73)68(51(30-43)40-74)47-24-27-65-58(33-47)59-34-48(69-52(41-75)31-44(38-72)32-53(69)42-76)25-28-66(59)80(65)67-35-49(70-77-60(45-13-3-1-4-14-45)36-61(78-70)46-15-5-2-6-16-46)23-26-57(67)56-19-9-12-22-64(56)79-62-20-10-7-17-54(62)55-18-8-11-21-63(55)79/h1-36H. The van der Waals surface area contributed by atoms with Crippen LogP contribution in [-0.2, 0) is 0 Å². The Kier molecular flexibility index (Phi) is 11.6. The molecule has 366 valence electrons. The normalized spacial score (nSPS) is 10.9. The molecule has 13 rings (SSSR count). The molecule has 10 aromatic carbocycles. The fourth-order valence-corrected chi connectivity index (χ4v) is 11.2. The van der Waals surface area contributed by atoms with Crippen LogP contribution in [0.1, 0.15) is 33.4 Å². The fourth-order valence-electron chi connectivity index (χ4n) is 11.2. The van der Waals surface area contributed by atoms with Crippen molar-refractivity contribution >= 4 is 43.6 Å². The predicted octanol–water partition coefficient (Wildman–Crippen LogP) is 15.9.